The molecule has 1 heterocycles. The molecule has 1 N–H and O–H groups in total. The zero-order chi connectivity index (χ0) is 28.6. The summed E-state index contributed by atoms with van der Waals surface area (Å²) < 4.78 is 6.26. The molecular weight excluding hydrogens is 512 g/mol. The fourth-order valence-corrected chi connectivity index (χ4v) is 5.72. The maximum absolute atomic E-state index is 13.4. The van der Waals surface area contributed by atoms with Gasteiger partial charge in [-0.2, -0.15) is 0 Å². The van der Waals surface area contributed by atoms with Crippen LogP contribution in [0.1, 0.15) is 126 Å². The average Bonchev–Trinajstić information content (AvgIpc) is 3.44. The van der Waals surface area contributed by atoms with Gasteiger partial charge in [0.2, 0.25) is 0 Å². The number of anilines is 1. The van der Waals surface area contributed by atoms with E-state index >= 15 is 0 Å². The zero-order valence-corrected chi connectivity index (χ0v) is 26.3. The maximum Gasteiger partial charge on any atom is 0.259 e. The van der Waals surface area contributed by atoms with E-state index < -0.39 is 0 Å². The second-order valence-corrected chi connectivity index (χ2v) is 13.0. The summed E-state index contributed by atoms with van der Waals surface area (Å²) in [7, 11) is 0. The number of carbonyl (C=O) groups is 1. The molecule has 0 spiro atoms. The Morgan fingerprint density at radius 1 is 0.900 bits per heavy atom. The quantitative estimate of drug-likeness (QED) is 0.183. The predicted octanol–water partition coefficient (Wildman–Crippen LogP) is 10.3. The normalized spacial score (nSPS) is 13.2. The SMILES string of the molecule is CCCCCCCCCCCCCCOc1cc(C(C)(C)C)ccc1C(=O)Nc1cccc(CN2C=CSC2)c1. The molecule has 40 heavy (non-hydrogen) atoms. The minimum atomic E-state index is -0.126. The summed E-state index contributed by atoms with van der Waals surface area (Å²) in [5, 5.41) is 5.23. The second-order valence-electron chi connectivity index (χ2n) is 12.2. The molecule has 2 aromatic rings. The molecule has 0 aliphatic carbocycles. The summed E-state index contributed by atoms with van der Waals surface area (Å²) in [4.78, 5) is 15.6. The highest BCUT2D eigenvalue weighted by atomic mass is 32.2. The van der Waals surface area contributed by atoms with Crippen molar-refractivity contribution in [1.29, 1.82) is 0 Å². The third-order valence-electron chi connectivity index (χ3n) is 7.53. The second kappa shape index (κ2) is 17.4. The molecule has 0 bridgehead atoms. The molecule has 1 aliphatic heterocycles. The first-order chi connectivity index (χ1) is 19.4. The highest BCUT2D eigenvalue weighted by Crippen LogP contribution is 2.30. The lowest BCUT2D eigenvalue weighted by Crippen LogP contribution is -2.17. The Morgan fingerprint density at radius 3 is 2.20 bits per heavy atom. The molecule has 1 amide bonds. The molecule has 0 saturated carbocycles. The third kappa shape index (κ3) is 11.6. The summed E-state index contributed by atoms with van der Waals surface area (Å²) in [6.45, 7) is 10.3. The Kier molecular flexibility index (Phi) is 14.0. The molecule has 0 atom stereocenters. The van der Waals surface area contributed by atoms with E-state index in [9.17, 15) is 4.79 Å². The lowest BCUT2D eigenvalue weighted by atomic mass is 9.86. The van der Waals surface area contributed by atoms with Crippen LogP contribution in [0.15, 0.2) is 54.1 Å². The van der Waals surface area contributed by atoms with Gasteiger partial charge in [-0.3, -0.25) is 4.79 Å². The fraction of sp³-hybridized carbons (Fsp3) is 0.571. The van der Waals surface area contributed by atoms with Crippen molar-refractivity contribution in [2.75, 3.05) is 17.8 Å². The molecule has 2 aromatic carbocycles. The lowest BCUT2D eigenvalue weighted by molar-refractivity contribution is 0.102. The maximum atomic E-state index is 13.4. The zero-order valence-electron chi connectivity index (χ0n) is 25.5. The topological polar surface area (TPSA) is 41.6 Å². The van der Waals surface area contributed by atoms with E-state index in [1.807, 2.05) is 18.2 Å². The number of unbranched alkanes of at least 4 members (excludes halogenated alkanes) is 11. The molecule has 0 aromatic heterocycles. The van der Waals surface area contributed by atoms with Crippen LogP contribution >= 0.6 is 11.8 Å². The monoisotopic (exact) mass is 564 g/mol. The Labute approximate surface area is 248 Å². The van der Waals surface area contributed by atoms with E-state index in [1.165, 1.54) is 81.8 Å². The number of nitrogens with one attached hydrogen (secondary N) is 1. The number of nitrogens with zero attached hydrogens (tertiary/aromatic N) is 1. The van der Waals surface area contributed by atoms with E-state index in [4.69, 9.17) is 4.74 Å². The number of carbonyl (C=O) groups excluding carboxylic acids is 1. The molecule has 3 rings (SSSR count). The van der Waals surface area contributed by atoms with Crippen molar-refractivity contribution in [3.63, 3.8) is 0 Å². The van der Waals surface area contributed by atoms with E-state index in [2.05, 4.69) is 73.8 Å². The molecule has 4 nitrogen and oxygen atoms in total. The predicted molar refractivity (Wildman–Crippen MR) is 173 cm³/mol. The summed E-state index contributed by atoms with van der Waals surface area (Å²) >= 11 is 1.80. The number of benzene rings is 2. The third-order valence-corrected chi connectivity index (χ3v) is 8.32. The fourth-order valence-electron chi connectivity index (χ4n) is 5.01. The van der Waals surface area contributed by atoms with E-state index in [0.29, 0.717) is 17.9 Å². The summed E-state index contributed by atoms with van der Waals surface area (Å²) in [5.74, 6) is 1.53. The first-order valence-electron chi connectivity index (χ1n) is 15.6. The van der Waals surface area contributed by atoms with Crippen LogP contribution in [-0.4, -0.2) is 23.3 Å². The van der Waals surface area contributed by atoms with Crippen LogP contribution in [-0.2, 0) is 12.0 Å². The average molecular weight is 565 g/mol. The van der Waals surface area contributed by atoms with Gasteiger partial charge in [0.05, 0.1) is 18.0 Å². The van der Waals surface area contributed by atoms with Gasteiger partial charge in [-0.1, -0.05) is 117 Å². The van der Waals surface area contributed by atoms with Gasteiger partial charge in [0.25, 0.3) is 5.91 Å². The first-order valence-corrected chi connectivity index (χ1v) is 16.6. The number of hydrogen-bond donors (Lipinski definition) is 1. The summed E-state index contributed by atoms with van der Waals surface area (Å²) in [5.41, 5.74) is 3.74. The number of hydrogen-bond acceptors (Lipinski definition) is 4. The van der Waals surface area contributed by atoms with E-state index in [0.717, 1.165) is 24.5 Å². The molecule has 0 unspecified atom stereocenters. The standard InChI is InChI=1S/C35H52N2O2S/c1-5-6-7-8-9-10-11-12-13-14-15-16-23-39-33-26-30(35(2,3)4)20-21-32(33)34(38)36-31-19-17-18-29(25-31)27-37-22-24-40-28-37/h17-22,24-26H,5-16,23,27-28H2,1-4H3,(H,36,38). The van der Waals surface area contributed by atoms with Gasteiger partial charge >= 0.3 is 0 Å². The number of amides is 1. The van der Waals surface area contributed by atoms with Crippen molar-refractivity contribution in [3.8, 4) is 5.75 Å². The van der Waals surface area contributed by atoms with Crippen molar-refractivity contribution in [3.05, 3.63) is 70.8 Å². The van der Waals surface area contributed by atoms with Crippen LogP contribution in [0.4, 0.5) is 5.69 Å². The van der Waals surface area contributed by atoms with Gasteiger partial charge in [-0.25, -0.2) is 0 Å². The minimum Gasteiger partial charge on any atom is -0.493 e. The molecule has 0 fully saturated rings. The van der Waals surface area contributed by atoms with Gasteiger partial charge in [-0.15, -0.1) is 11.8 Å². The van der Waals surface area contributed by atoms with Crippen LogP contribution in [0.3, 0.4) is 0 Å². The van der Waals surface area contributed by atoms with Gasteiger partial charge in [-0.05, 0) is 52.6 Å². The molecule has 5 heteroatoms. The van der Waals surface area contributed by atoms with Gasteiger partial charge in [0.15, 0.2) is 0 Å². The largest absolute Gasteiger partial charge is 0.493 e. The van der Waals surface area contributed by atoms with Gasteiger partial charge in [0.1, 0.15) is 5.75 Å². The van der Waals surface area contributed by atoms with Crippen molar-refractivity contribution in [2.24, 2.45) is 0 Å². The molecule has 1 aliphatic rings. The van der Waals surface area contributed by atoms with Crippen molar-refractivity contribution < 1.29 is 9.53 Å². The highest BCUT2D eigenvalue weighted by molar-refractivity contribution is 8.02. The van der Waals surface area contributed by atoms with Crippen molar-refractivity contribution in [2.45, 2.75) is 117 Å². The molecule has 0 saturated heterocycles. The Bertz CT molecular complexity index is 1060. The molecule has 0 radical (unpaired) electrons. The van der Waals surface area contributed by atoms with Gasteiger partial charge in [0, 0.05) is 18.4 Å². The van der Waals surface area contributed by atoms with Crippen molar-refractivity contribution in [1.82, 2.24) is 4.90 Å². The molecule has 220 valence electrons. The highest BCUT2D eigenvalue weighted by Gasteiger charge is 2.20. The molecular formula is C35H52N2O2S. The Hall–Kier alpha value is -2.40. The van der Waals surface area contributed by atoms with Crippen molar-refractivity contribution >= 4 is 23.4 Å². The van der Waals surface area contributed by atoms with Crippen LogP contribution in [0.5, 0.6) is 5.75 Å². The smallest absolute Gasteiger partial charge is 0.259 e. The number of ether oxygens (including phenoxy) is 1. The van der Waals surface area contributed by atoms with E-state index in [-0.39, 0.29) is 11.3 Å². The van der Waals surface area contributed by atoms with Gasteiger partial charge < -0.3 is 15.0 Å². The first kappa shape index (κ1) is 32.1. The summed E-state index contributed by atoms with van der Waals surface area (Å²) in [6, 6.07) is 14.2. The Balaban J connectivity index is 1.48. The van der Waals surface area contributed by atoms with Crippen LogP contribution < -0.4 is 10.1 Å². The van der Waals surface area contributed by atoms with Crippen LogP contribution in [0.25, 0.3) is 0 Å². The van der Waals surface area contributed by atoms with Crippen LogP contribution in [0, 0.1) is 0 Å². The lowest BCUT2D eigenvalue weighted by Gasteiger charge is -2.21. The van der Waals surface area contributed by atoms with E-state index in [1.54, 1.807) is 11.8 Å². The Morgan fingerprint density at radius 2 is 1.57 bits per heavy atom. The minimum absolute atomic E-state index is 0.0141. The van der Waals surface area contributed by atoms with Crippen LogP contribution in [0.2, 0.25) is 0 Å². The number of thioether (sulfide) groups is 1. The summed E-state index contributed by atoms with van der Waals surface area (Å²) in [6.07, 6.45) is 17.9. The number of rotatable bonds is 18.